The van der Waals surface area contributed by atoms with Crippen LogP contribution in [0.15, 0.2) is 36.5 Å². The average molecular weight is 1070 g/mol. The van der Waals surface area contributed by atoms with Gasteiger partial charge in [-0.2, -0.15) is 0 Å². The van der Waals surface area contributed by atoms with E-state index < -0.39 is 12.1 Å². The Morgan fingerprint density at radius 3 is 0.789 bits per heavy atom. The van der Waals surface area contributed by atoms with Crippen LogP contribution >= 0.6 is 0 Å². The molecule has 3 N–H and O–H groups in total. The molecule has 0 bridgehead atoms. The average Bonchev–Trinajstić information content (AvgIpc) is 3.42. The largest absolute Gasteiger partial charge is 0.394 e. The zero-order chi connectivity index (χ0) is 54.8. The van der Waals surface area contributed by atoms with Crippen LogP contribution in [0.3, 0.4) is 0 Å². The quantitative estimate of drug-likeness (QED) is 0.0420. The third kappa shape index (κ3) is 63.4. The fourth-order valence-electron chi connectivity index (χ4n) is 11.3. The van der Waals surface area contributed by atoms with Gasteiger partial charge in [-0.3, -0.25) is 4.79 Å². The van der Waals surface area contributed by atoms with Gasteiger partial charge in [-0.15, -0.1) is 0 Å². The number of allylic oxidation sites excluding steroid dienone is 5. The number of rotatable bonds is 66. The van der Waals surface area contributed by atoms with E-state index in [2.05, 4.69) is 43.5 Å². The summed E-state index contributed by atoms with van der Waals surface area (Å²) < 4.78 is 0. The van der Waals surface area contributed by atoms with Crippen molar-refractivity contribution in [3.05, 3.63) is 36.5 Å². The van der Waals surface area contributed by atoms with Gasteiger partial charge in [0.15, 0.2) is 0 Å². The third-order valence-corrected chi connectivity index (χ3v) is 16.6. The van der Waals surface area contributed by atoms with Crippen LogP contribution in [0.25, 0.3) is 0 Å². The summed E-state index contributed by atoms with van der Waals surface area (Å²) in [5, 5.41) is 23.3. The lowest BCUT2D eigenvalue weighted by atomic mass is 10.0. The second-order valence-corrected chi connectivity index (χ2v) is 24.3. The fourth-order valence-corrected chi connectivity index (χ4v) is 11.3. The molecule has 1 amide bonds. The minimum Gasteiger partial charge on any atom is -0.394 e. The molecule has 76 heavy (non-hydrogen) atoms. The molecule has 0 spiro atoms. The standard InChI is InChI=1S/C72H139NO3/c1-3-5-7-9-11-13-15-17-19-21-23-25-27-29-31-32-33-34-35-36-37-38-39-40-42-44-46-48-50-52-54-56-58-60-62-64-66-68-72(76)73-70(69-74)71(75)67-65-63-61-59-57-55-53-51-49-47-45-43-41-30-28-26-24-22-20-18-16-14-12-10-8-6-4-2/h15,17,21,23,65,67,70-71,74-75H,3-14,16,18-20,22,24-64,66,68-69H2,1-2H3,(H,73,76)/b17-15-,23-21-,67-65+. The normalized spacial score (nSPS) is 12.8. The van der Waals surface area contributed by atoms with E-state index in [-0.39, 0.29) is 12.5 Å². The van der Waals surface area contributed by atoms with Crippen LogP contribution in [0.4, 0.5) is 0 Å². The number of unbranched alkanes of at least 4 members (excludes halogenated alkanes) is 55. The Morgan fingerprint density at radius 2 is 0.539 bits per heavy atom. The molecule has 0 aliphatic carbocycles. The topological polar surface area (TPSA) is 69.6 Å². The van der Waals surface area contributed by atoms with Gasteiger partial charge in [0.1, 0.15) is 0 Å². The Hall–Kier alpha value is -1.39. The minimum atomic E-state index is -0.839. The van der Waals surface area contributed by atoms with Crippen LogP contribution in [-0.4, -0.2) is 34.9 Å². The maximum Gasteiger partial charge on any atom is 0.220 e. The zero-order valence-corrected chi connectivity index (χ0v) is 52.1. The molecule has 4 nitrogen and oxygen atoms in total. The van der Waals surface area contributed by atoms with Crippen molar-refractivity contribution in [2.24, 2.45) is 0 Å². The number of hydrogen-bond donors (Lipinski definition) is 3. The predicted octanol–water partition coefficient (Wildman–Crippen LogP) is 23.9. The van der Waals surface area contributed by atoms with Crippen molar-refractivity contribution in [3.8, 4) is 0 Å². The molecule has 0 aliphatic heterocycles. The smallest absolute Gasteiger partial charge is 0.220 e. The van der Waals surface area contributed by atoms with Gasteiger partial charge in [0.2, 0.25) is 5.91 Å². The lowest BCUT2D eigenvalue weighted by Crippen LogP contribution is -2.45. The Bertz CT molecular complexity index is 1160. The van der Waals surface area contributed by atoms with E-state index >= 15 is 0 Å². The molecule has 0 radical (unpaired) electrons. The van der Waals surface area contributed by atoms with Gasteiger partial charge < -0.3 is 15.5 Å². The van der Waals surface area contributed by atoms with Crippen LogP contribution in [0.2, 0.25) is 0 Å². The third-order valence-electron chi connectivity index (χ3n) is 16.6. The molecule has 0 fully saturated rings. The van der Waals surface area contributed by atoms with Crippen LogP contribution in [0, 0.1) is 0 Å². The van der Waals surface area contributed by atoms with Gasteiger partial charge in [-0.05, 0) is 51.4 Å². The number of nitrogens with one attached hydrogen (secondary N) is 1. The Labute approximate surface area is 478 Å². The SMILES string of the molecule is CCCCCCC/C=C\C/C=C\CCCCCCCCCCCCCCCCCCCCCCCCCCCC(=O)NC(CO)C(O)/C=C/CCCCCCCCCCCCCCCCCCCCCCCCCCC. The van der Waals surface area contributed by atoms with Crippen molar-refractivity contribution in [2.45, 2.75) is 411 Å². The first-order valence-corrected chi connectivity index (χ1v) is 35.2. The number of hydrogen-bond acceptors (Lipinski definition) is 3. The Balaban J connectivity index is 3.40. The first-order chi connectivity index (χ1) is 37.7. The molecule has 0 heterocycles. The van der Waals surface area contributed by atoms with E-state index in [1.807, 2.05) is 6.08 Å². The molecule has 0 aliphatic rings. The molecule has 450 valence electrons. The van der Waals surface area contributed by atoms with E-state index in [1.54, 1.807) is 6.08 Å². The Kier molecular flexibility index (Phi) is 66.6. The summed E-state index contributed by atoms with van der Waals surface area (Å²) in [6, 6.07) is -0.622. The van der Waals surface area contributed by atoms with Crippen molar-refractivity contribution >= 4 is 5.91 Å². The number of carbonyl (C=O) groups excluding carboxylic acids is 1. The molecular weight excluding hydrogens is 927 g/mol. The van der Waals surface area contributed by atoms with E-state index in [0.717, 1.165) is 32.1 Å². The van der Waals surface area contributed by atoms with Gasteiger partial charge in [-0.25, -0.2) is 0 Å². The van der Waals surface area contributed by atoms with Crippen LogP contribution in [0.1, 0.15) is 399 Å². The predicted molar refractivity (Wildman–Crippen MR) is 341 cm³/mol. The van der Waals surface area contributed by atoms with E-state index in [0.29, 0.717) is 6.42 Å². The van der Waals surface area contributed by atoms with Gasteiger partial charge >= 0.3 is 0 Å². The van der Waals surface area contributed by atoms with E-state index in [4.69, 9.17) is 0 Å². The highest BCUT2D eigenvalue weighted by molar-refractivity contribution is 5.76. The maximum atomic E-state index is 12.5. The summed E-state index contributed by atoms with van der Waals surface area (Å²) in [4.78, 5) is 12.5. The summed E-state index contributed by atoms with van der Waals surface area (Å²) in [6.07, 6.45) is 93.8. The Morgan fingerprint density at radius 1 is 0.316 bits per heavy atom. The van der Waals surface area contributed by atoms with Crippen molar-refractivity contribution in [1.29, 1.82) is 0 Å². The molecule has 0 saturated heterocycles. The maximum absolute atomic E-state index is 12.5. The van der Waals surface area contributed by atoms with Crippen LogP contribution in [0.5, 0.6) is 0 Å². The number of aliphatic hydroxyl groups excluding tert-OH is 2. The number of amides is 1. The summed E-state index contributed by atoms with van der Waals surface area (Å²) in [6.45, 7) is 4.35. The summed E-state index contributed by atoms with van der Waals surface area (Å²) in [5.74, 6) is -0.0549. The van der Waals surface area contributed by atoms with Crippen molar-refractivity contribution < 1.29 is 15.0 Å². The zero-order valence-electron chi connectivity index (χ0n) is 52.1. The van der Waals surface area contributed by atoms with E-state index in [9.17, 15) is 15.0 Å². The van der Waals surface area contributed by atoms with Crippen LogP contribution < -0.4 is 5.32 Å². The minimum absolute atomic E-state index is 0.0549. The molecule has 0 saturated carbocycles. The monoisotopic (exact) mass is 1070 g/mol. The molecule has 0 aromatic carbocycles. The van der Waals surface area contributed by atoms with Gasteiger partial charge in [-0.1, -0.05) is 378 Å². The summed E-state index contributed by atoms with van der Waals surface area (Å²) in [7, 11) is 0. The second-order valence-electron chi connectivity index (χ2n) is 24.3. The van der Waals surface area contributed by atoms with Crippen LogP contribution in [-0.2, 0) is 4.79 Å². The first kappa shape index (κ1) is 74.6. The lowest BCUT2D eigenvalue weighted by molar-refractivity contribution is -0.123. The van der Waals surface area contributed by atoms with Gasteiger partial charge in [0.25, 0.3) is 0 Å². The summed E-state index contributed by atoms with van der Waals surface area (Å²) >= 11 is 0. The molecule has 4 heteroatoms. The fraction of sp³-hybridized carbons (Fsp3) is 0.903. The highest BCUT2D eigenvalue weighted by Crippen LogP contribution is 2.19. The summed E-state index contributed by atoms with van der Waals surface area (Å²) in [5.41, 5.74) is 0. The molecule has 0 aromatic rings. The highest BCUT2D eigenvalue weighted by Gasteiger charge is 2.18. The molecule has 2 unspecified atom stereocenters. The highest BCUT2D eigenvalue weighted by atomic mass is 16.3. The molecule has 0 rings (SSSR count). The van der Waals surface area contributed by atoms with Gasteiger partial charge in [0, 0.05) is 6.42 Å². The van der Waals surface area contributed by atoms with Crippen molar-refractivity contribution in [3.63, 3.8) is 0 Å². The number of carbonyl (C=O) groups is 1. The second kappa shape index (κ2) is 67.9. The first-order valence-electron chi connectivity index (χ1n) is 35.2. The number of aliphatic hydroxyl groups is 2. The molecule has 2 atom stereocenters. The van der Waals surface area contributed by atoms with Crippen molar-refractivity contribution in [2.75, 3.05) is 6.61 Å². The van der Waals surface area contributed by atoms with Crippen molar-refractivity contribution in [1.82, 2.24) is 5.32 Å². The molecule has 0 aromatic heterocycles. The lowest BCUT2D eigenvalue weighted by Gasteiger charge is -2.20. The van der Waals surface area contributed by atoms with Gasteiger partial charge in [0.05, 0.1) is 18.8 Å². The molecular formula is C72H139NO3. The van der Waals surface area contributed by atoms with E-state index in [1.165, 1.54) is 347 Å².